The van der Waals surface area contributed by atoms with Crippen molar-refractivity contribution < 1.29 is 4.74 Å². The van der Waals surface area contributed by atoms with Crippen LogP contribution in [0.25, 0.3) is 0 Å². The van der Waals surface area contributed by atoms with Gasteiger partial charge in [0, 0.05) is 6.04 Å². The smallest absolute Gasteiger partial charge is 0.125 e. The second-order valence-electron chi connectivity index (χ2n) is 3.72. The summed E-state index contributed by atoms with van der Waals surface area (Å²) in [7, 11) is 1.94. The Morgan fingerprint density at radius 2 is 1.86 bits per heavy atom. The van der Waals surface area contributed by atoms with Crippen molar-refractivity contribution in [3.63, 3.8) is 0 Å². The topological polar surface area (TPSA) is 21.3 Å². The van der Waals surface area contributed by atoms with E-state index in [1.165, 1.54) is 11.1 Å². The lowest BCUT2D eigenvalue weighted by molar-refractivity contribution is 0.276. The van der Waals surface area contributed by atoms with E-state index in [0.717, 1.165) is 5.75 Å². The highest BCUT2D eigenvalue weighted by Crippen LogP contribution is 2.22. The molecule has 0 saturated heterocycles. The lowest BCUT2D eigenvalue weighted by Gasteiger charge is -2.15. The molecule has 0 aliphatic carbocycles. The van der Waals surface area contributed by atoms with E-state index in [0.29, 0.717) is 12.6 Å². The van der Waals surface area contributed by atoms with Gasteiger partial charge in [0.25, 0.3) is 0 Å². The largest absolute Gasteiger partial charge is 0.491 e. The summed E-state index contributed by atoms with van der Waals surface area (Å²) in [5.74, 6) is 1.02. The molecule has 1 rings (SSSR count). The maximum absolute atomic E-state index is 5.76. The van der Waals surface area contributed by atoms with Crippen LogP contribution in [-0.2, 0) is 0 Å². The van der Waals surface area contributed by atoms with Gasteiger partial charge in [-0.2, -0.15) is 0 Å². The average Bonchev–Trinajstić information content (AvgIpc) is 2.16. The summed E-state index contributed by atoms with van der Waals surface area (Å²) < 4.78 is 5.76. The molecule has 0 bridgehead atoms. The fourth-order valence-electron chi connectivity index (χ4n) is 1.32. The van der Waals surface area contributed by atoms with Gasteiger partial charge in [-0.15, -0.1) is 0 Å². The van der Waals surface area contributed by atoms with E-state index in [2.05, 4.69) is 44.3 Å². The molecule has 14 heavy (non-hydrogen) atoms. The predicted molar refractivity (Wildman–Crippen MR) is 59.9 cm³/mol. The number of aryl methyl sites for hydroxylation is 2. The highest BCUT2D eigenvalue weighted by atomic mass is 16.5. The highest BCUT2D eigenvalue weighted by Gasteiger charge is 2.04. The molecule has 0 fully saturated rings. The van der Waals surface area contributed by atoms with Crippen molar-refractivity contribution in [2.24, 2.45) is 0 Å². The van der Waals surface area contributed by atoms with Crippen LogP contribution in [0.4, 0.5) is 0 Å². The SMILES string of the molecule is CNC(C)COc1c(C)cccc1C. The van der Waals surface area contributed by atoms with Crippen LogP contribution in [0.15, 0.2) is 18.2 Å². The fraction of sp³-hybridized carbons (Fsp3) is 0.500. The summed E-state index contributed by atoms with van der Waals surface area (Å²) in [5, 5.41) is 3.15. The molecule has 0 amide bonds. The average molecular weight is 193 g/mol. The van der Waals surface area contributed by atoms with E-state index >= 15 is 0 Å². The number of hydrogen-bond acceptors (Lipinski definition) is 2. The molecule has 0 aromatic heterocycles. The van der Waals surface area contributed by atoms with Crippen molar-refractivity contribution >= 4 is 0 Å². The zero-order valence-electron chi connectivity index (χ0n) is 9.42. The molecule has 1 N–H and O–H groups in total. The predicted octanol–water partition coefficient (Wildman–Crippen LogP) is 2.29. The van der Waals surface area contributed by atoms with Crippen LogP contribution in [0.2, 0.25) is 0 Å². The van der Waals surface area contributed by atoms with Gasteiger partial charge < -0.3 is 10.1 Å². The molecule has 0 radical (unpaired) electrons. The van der Waals surface area contributed by atoms with Crippen molar-refractivity contribution in [3.8, 4) is 5.75 Å². The monoisotopic (exact) mass is 193 g/mol. The second kappa shape index (κ2) is 5.01. The van der Waals surface area contributed by atoms with Gasteiger partial charge in [0.2, 0.25) is 0 Å². The highest BCUT2D eigenvalue weighted by molar-refractivity contribution is 5.39. The summed E-state index contributed by atoms with van der Waals surface area (Å²) in [6.45, 7) is 6.97. The Morgan fingerprint density at radius 3 is 2.36 bits per heavy atom. The molecule has 0 heterocycles. The van der Waals surface area contributed by atoms with Gasteiger partial charge in [-0.25, -0.2) is 0 Å². The van der Waals surface area contributed by atoms with Crippen molar-refractivity contribution in [1.29, 1.82) is 0 Å². The van der Waals surface area contributed by atoms with Crippen molar-refractivity contribution in [2.45, 2.75) is 26.8 Å². The number of rotatable bonds is 4. The van der Waals surface area contributed by atoms with Gasteiger partial charge in [0.15, 0.2) is 0 Å². The van der Waals surface area contributed by atoms with Crippen LogP contribution in [0.5, 0.6) is 5.75 Å². The lowest BCUT2D eigenvalue weighted by Crippen LogP contribution is -2.28. The number of likely N-dealkylation sites (N-methyl/N-ethyl adjacent to an activating group) is 1. The summed E-state index contributed by atoms with van der Waals surface area (Å²) in [5.41, 5.74) is 2.40. The van der Waals surface area contributed by atoms with Crippen LogP contribution in [-0.4, -0.2) is 19.7 Å². The van der Waals surface area contributed by atoms with E-state index in [1.807, 2.05) is 7.05 Å². The molecule has 0 spiro atoms. The maximum atomic E-state index is 5.76. The first-order valence-electron chi connectivity index (χ1n) is 5.01. The van der Waals surface area contributed by atoms with Crippen LogP contribution < -0.4 is 10.1 Å². The first-order valence-corrected chi connectivity index (χ1v) is 5.01. The molecule has 0 saturated carbocycles. The van der Waals surface area contributed by atoms with Gasteiger partial charge in [0.1, 0.15) is 12.4 Å². The Bertz CT molecular complexity index is 276. The molecule has 0 aliphatic rings. The van der Waals surface area contributed by atoms with E-state index in [9.17, 15) is 0 Å². The van der Waals surface area contributed by atoms with Crippen molar-refractivity contribution in [2.75, 3.05) is 13.7 Å². The minimum Gasteiger partial charge on any atom is -0.491 e. The molecule has 0 aliphatic heterocycles. The van der Waals surface area contributed by atoms with E-state index in [4.69, 9.17) is 4.74 Å². The molecule has 1 aromatic carbocycles. The molecular weight excluding hydrogens is 174 g/mol. The van der Waals surface area contributed by atoms with Gasteiger partial charge in [0.05, 0.1) is 0 Å². The zero-order valence-corrected chi connectivity index (χ0v) is 9.42. The summed E-state index contributed by atoms with van der Waals surface area (Å²) in [6.07, 6.45) is 0. The second-order valence-corrected chi connectivity index (χ2v) is 3.72. The number of hydrogen-bond donors (Lipinski definition) is 1. The molecule has 1 aromatic rings. The fourth-order valence-corrected chi connectivity index (χ4v) is 1.32. The Kier molecular flexibility index (Phi) is 3.96. The minimum atomic E-state index is 0.383. The molecule has 2 nitrogen and oxygen atoms in total. The first kappa shape index (κ1) is 11.1. The lowest BCUT2D eigenvalue weighted by atomic mass is 10.1. The Balaban J connectivity index is 2.66. The van der Waals surface area contributed by atoms with Crippen LogP contribution in [0.1, 0.15) is 18.1 Å². The number of benzene rings is 1. The Hall–Kier alpha value is -1.02. The molecule has 78 valence electrons. The number of para-hydroxylation sites is 1. The van der Waals surface area contributed by atoms with Crippen LogP contribution >= 0.6 is 0 Å². The molecule has 1 unspecified atom stereocenters. The summed E-state index contributed by atoms with van der Waals surface area (Å²) >= 11 is 0. The van der Waals surface area contributed by atoms with E-state index in [-0.39, 0.29) is 0 Å². The standard InChI is InChI=1S/C12H19NO/c1-9-6-5-7-10(2)12(9)14-8-11(3)13-4/h5-7,11,13H,8H2,1-4H3. The third-order valence-corrected chi connectivity index (χ3v) is 2.38. The zero-order chi connectivity index (χ0) is 10.6. The van der Waals surface area contributed by atoms with Gasteiger partial charge >= 0.3 is 0 Å². The summed E-state index contributed by atoms with van der Waals surface area (Å²) in [4.78, 5) is 0. The Labute approximate surface area is 86.3 Å². The summed E-state index contributed by atoms with van der Waals surface area (Å²) in [6, 6.07) is 6.59. The number of ether oxygens (including phenoxy) is 1. The van der Waals surface area contributed by atoms with Crippen molar-refractivity contribution in [3.05, 3.63) is 29.3 Å². The van der Waals surface area contributed by atoms with Crippen LogP contribution in [0, 0.1) is 13.8 Å². The van der Waals surface area contributed by atoms with Gasteiger partial charge in [-0.1, -0.05) is 18.2 Å². The van der Waals surface area contributed by atoms with Crippen LogP contribution in [0.3, 0.4) is 0 Å². The van der Waals surface area contributed by atoms with Crippen molar-refractivity contribution in [1.82, 2.24) is 5.32 Å². The Morgan fingerprint density at radius 1 is 1.29 bits per heavy atom. The molecule has 1 atom stereocenters. The van der Waals surface area contributed by atoms with E-state index < -0.39 is 0 Å². The molecular formula is C12H19NO. The minimum absolute atomic E-state index is 0.383. The van der Waals surface area contributed by atoms with Gasteiger partial charge in [-0.3, -0.25) is 0 Å². The molecule has 2 heteroatoms. The first-order chi connectivity index (χ1) is 6.65. The normalized spacial score (nSPS) is 12.6. The third kappa shape index (κ3) is 2.74. The van der Waals surface area contributed by atoms with E-state index in [1.54, 1.807) is 0 Å². The quantitative estimate of drug-likeness (QED) is 0.792. The maximum Gasteiger partial charge on any atom is 0.125 e. The van der Waals surface area contributed by atoms with Gasteiger partial charge in [-0.05, 0) is 38.9 Å². The number of nitrogens with one attached hydrogen (secondary N) is 1. The third-order valence-electron chi connectivity index (χ3n) is 2.38.